The summed E-state index contributed by atoms with van der Waals surface area (Å²) in [6.07, 6.45) is 0. The normalized spacial score (nSPS) is 10.1. The highest BCUT2D eigenvalue weighted by atomic mass is 35.5. The second-order valence-corrected chi connectivity index (χ2v) is 6.47. The number of hydrazine groups is 1. The molecule has 6 nitrogen and oxygen atoms in total. The first-order valence-corrected chi connectivity index (χ1v) is 9.08. The maximum atomic E-state index is 12.1. The van der Waals surface area contributed by atoms with Crippen molar-refractivity contribution in [2.75, 3.05) is 6.61 Å². The zero-order valence-electron chi connectivity index (χ0n) is 15.2. The van der Waals surface area contributed by atoms with E-state index < -0.39 is 24.4 Å². The Morgan fingerprint density at radius 3 is 1.97 bits per heavy atom. The molecule has 0 radical (unpaired) electrons. The van der Waals surface area contributed by atoms with Crippen molar-refractivity contribution in [3.63, 3.8) is 0 Å². The standard InChI is InChI=1S/C22H17ClN2O4/c23-19-12-10-17(11-13-19)21(27)25-24-20(26)14-29-22(28)18-8-6-16(7-9-18)15-4-2-1-3-5-15/h1-13H,14H2,(H,24,26)(H,25,27). The highest BCUT2D eigenvalue weighted by Gasteiger charge is 2.12. The van der Waals surface area contributed by atoms with Gasteiger partial charge in [0.1, 0.15) is 0 Å². The van der Waals surface area contributed by atoms with E-state index in [4.69, 9.17) is 16.3 Å². The van der Waals surface area contributed by atoms with Crippen LogP contribution < -0.4 is 10.9 Å². The first-order valence-electron chi connectivity index (χ1n) is 8.70. The number of ether oxygens (including phenoxy) is 1. The van der Waals surface area contributed by atoms with E-state index in [0.717, 1.165) is 11.1 Å². The molecule has 0 spiro atoms. The molecule has 0 bridgehead atoms. The lowest BCUT2D eigenvalue weighted by Gasteiger charge is -2.08. The van der Waals surface area contributed by atoms with Crippen molar-refractivity contribution in [2.45, 2.75) is 0 Å². The SMILES string of the molecule is O=C(COC(=O)c1ccc(-c2ccccc2)cc1)NNC(=O)c1ccc(Cl)cc1. The fourth-order valence-corrected chi connectivity index (χ4v) is 2.61. The third kappa shape index (κ3) is 5.67. The zero-order valence-corrected chi connectivity index (χ0v) is 16.0. The van der Waals surface area contributed by atoms with Crippen LogP contribution in [0, 0.1) is 0 Å². The van der Waals surface area contributed by atoms with Gasteiger partial charge in [-0.15, -0.1) is 0 Å². The molecule has 0 aliphatic carbocycles. The minimum Gasteiger partial charge on any atom is -0.452 e. The van der Waals surface area contributed by atoms with Gasteiger partial charge in [-0.3, -0.25) is 20.4 Å². The fraction of sp³-hybridized carbons (Fsp3) is 0.0455. The Morgan fingerprint density at radius 1 is 0.724 bits per heavy atom. The van der Waals surface area contributed by atoms with Crippen molar-refractivity contribution >= 4 is 29.4 Å². The predicted octanol–water partition coefficient (Wildman–Crippen LogP) is 3.63. The molecule has 3 rings (SSSR count). The van der Waals surface area contributed by atoms with Crippen molar-refractivity contribution < 1.29 is 19.1 Å². The molecule has 7 heteroatoms. The molecule has 29 heavy (non-hydrogen) atoms. The maximum absolute atomic E-state index is 12.1. The van der Waals surface area contributed by atoms with Crippen LogP contribution in [0.15, 0.2) is 78.9 Å². The number of esters is 1. The van der Waals surface area contributed by atoms with Crippen LogP contribution in [-0.4, -0.2) is 24.4 Å². The van der Waals surface area contributed by atoms with Gasteiger partial charge in [-0.25, -0.2) is 4.79 Å². The summed E-state index contributed by atoms with van der Waals surface area (Å²) in [5, 5.41) is 0.495. The summed E-state index contributed by atoms with van der Waals surface area (Å²) in [4.78, 5) is 35.8. The number of rotatable bonds is 5. The van der Waals surface area contributed by atoms with Crippen molar-refractivity contribution in [2.24, 2.45) is 0 Å². The number of benzene rings is 3. The maximum Gasteiger partial charge on any atom is 0.338 e. The Bertz CT molecular complexity index is 1000. The molecule has 2 N–H and O–H groups in total. The van der Waals surface area contributed by atoms with Gasteiger partial charge in [0, 0.05) is 10.6 Å². The van der Waals surface area contributed by atoms with Gasteiger partial charge in [-0.05, 0) is 47.5 Å². The molecular weight excluding hydrogens is 392 g/mol. The van der Waals surface area contributed by atoms with Crippen LogP contribution in [0.5, 0.6) is 0 Å². The highest BCUT2D eigenvalue weighted by molar-refractivity contribution is 6.30. The van der Waals surface area contributed by atoms with Gasteiger partial charge in [0.2, 0.25) is 0 Å². The third-order valence-corrected chi connectivity index (χ3v) is 4.24. The fourth-order valence-electron chi connectivity index (χ4n) is 2.48. The molecule has 0 aliphatic rings. The third-order valence-electron chi connectivity index (χ3n) is 3.98. The second-order valence-electron chi connectivity index (χ2n) is 6.03. The summed E-state index contributed by atoms with van der Waals surface area (Å²) in [7, 11) is 0. The van der Waals surface area contributed by atoms with Crippen LogP contribution in [0.25, 0.3) is 11.1 Å². The molecular formula is C22H17ClN2O4. The van der Waals surface area contributed by atoms with E-state index >= 15 is 0 Å². The highest BCUT2D eigenvalue weighted by Crippen LogP contribution is 2.19. The second kappa shape index (κ2) is 9.52. The predicted molar refractivity (Wildman–Crippen MR) is 109 cm³/mol. The van der Waals surface area contributed by atoms with Gasteiger partial charge in [0.15, 0.2) is 6.61 Å². The quantitative estimate of drug-likeness (QED) is 0.498. The van der Waals surface area contributed by atoms with Gasteiger partial charge in [0.25, 0.3) is 11.8 Å². The van der Waals surface area contributed by atoms with Gasteiger partial charge in [0.05, 0.1) is 5.56 Å². The van der Waals surface area contributed by atoms with Crippen LogP contribution in [0.3, 0.4) is 0 Å². The number of amides is 2. The molecule has 3 aromatic carbocycles. The van der Waals surface area contributed by atoms with Crippen molar-refractivity contribution in [3.8, 4) is 11.1 Å². The Morgan fingerprint density at radius 2 is 1.31 bits per heavy atom. The number of halogens is 1. The van der Waals surface area contributed by atoms with Crippen molar-refractivity contribution in [3.05, 3.63) is 95.0 Å². The first-order chi connectivity index (χ1) is 14.0. The average molecular weight is 409 g/mol. The van der Waals surface area contributed by atoms with Crippen LogP contribution >= 0.6 is 11.6 Å². The van der Waals surface area contributed by atoms with Crippen LogP contribution in [0.4, 0.5) is 0 Å². The van der Waals surface area contributed by atoms with Gasteiger partial charge < -0.3 is 4.74 Å². The van der Waals surface area contributed by atoms with E-state index in [9.17, 15) is 14.4 Å². The van der Waals surface area contributed by atoms with E-state index in [1.807, 2.05) is 30.3 Å². The van der Waals surface area contributed by atoms with Gasteiger partial charge >= 0.3 is 5.97 Å². The number of carbonyl (C=O) groups excluding carboxylic acids is 3. The van der Waals surface area contributed by atoms with E-state index in [2.05, 4.69) is 10.9 Å². The van der Waals surface area contributed by atoms with Gasteiger partial charge in [-0.2, -0.15) is 0 Å². The largest absolute Gasteiger partial charge is 0.452 e. The van der Waals surface area contributed by atoms with Crippen molar-refractivity contribution in [1.82, 2.24) is 10.9 Å². The van der Waals surface area contributed by atoms with Crippen LogP contribution in [0.2, 0.25) is 5.02 Å². The van der Waals surface area contributed by atoms with Crippen LogP contribution in [0.1, 0.15) is 20.7 Å². The molecule has 3 aromatic rings. The summed E-state index contributed by atoms with van der Waals surface area (Å²) >= 11 is 5.76. The van der Waals surface area contributed by atoms with E-state index in [0.29, 0.717) is 16.1 Å². The average Bonchev–Trinajstić information content (AvgIpc) is 2.77. The lowest BCUT2D eigenvalue weighted by Crippen LogP contribution is -2.43. The summed E-state index contributed by atoms with van der Waals surface area (Å²) in [5.41, 5.74) is 7.06. The molecule has 0 heterocycles. The molecule has 0 fully saturated rings. The number of hydrogen-bond acceptors (Lipinski definition) is 4. The lowest BCUT2D eigenvalue weighted by atomic mass is 10.0. The molecule has 0 unspecified atom stereocenters. The lowest BCUT2D eigenvalue weighted by molar-refractivity contribution is -0.125. The zero-order chi connectivity index (χ0) is 20.6. The molecule has 0 atom stereocenters. The topological polar surface area (TPSA) is 84.5 Å². The Labute approximate surface area is 172 Å². The first kappa shape index (κ1) is 20.1. The Kier molecular flexibility index (Phi) is 6.60. The van der Waals surface area contributed by atoms with E-state index in [1.165, 1.54) is 12.1 Å². The molecule has 146 valence electrons. The Hall–Kier alpha value is -3.64. The molecule has 0 aliphatic heterocycles. The number of nitrogens with one attached hydrogen (secondary N) is 2. The van der Waals surface area contributed by atoms with Gasteiger partial charge in [-0.1, -0.05) is 54.1 Å². The number of carbonyl (C=O) groups is 3. The molecule has 0 saturated carbocycles. The number of hydrogen-bond donors (Lipinski definition) is 2. The summed E-state index contributed by atoms with van der Waals surface area (Å²) in [5.74, 6) is -1.82. The smallest absolute Gasteiger partial charge is 0.338 e. The minimum absolute atomic E-state index is 0.322. The molecule has 0 aromatic heterocycles. The summed E-state index contributed by atoms with van der Waals surface area (Å²) < 4.78 is 4.97. The van der Waals surface area contributed by atoms with Crippen LogP contribution in [-0.2, 0) is 9.53 Å². The molecule has 2 amide bonds. The summed E-state index contributed by atoms with van der Waals surface area (Å²) in [6, 6.07) is 22.7. The minimum atomic E-state index is -0.665. The van der Waals surface area contributed by atoms with Crippen molar-refractivity contribution in [1.29, 1.82) is 0 Å². The van der Waals surface area contributed by atoms with E-state index in [-0.39, 0.29) is 0 Å². The van der Waals surface area contributed by atoms with E-state index in [1.54, 1.807) is 36.4 Å². The Balaban J connectivity index is 1.46. The monoisotopic (exact) mass is 408 g/mol. The molecule has 0 saturated heterocycles. The summed E-state index contributed by atoms with van der Waals surface area (Å²) in [6.45, 7) is -0.528.